The van der Waals surface area contributed by atoms with Crippen molar-refractivity contribution in [2.24, 2.45) is 5.92 Å². The number of aryl methyl sites for hydroxylation is 1. The summed E-state index contributed by atoms with van der Waals surface area (Å²) >= 11 is 0. The van der Waals surface area contributed by atoms with Crippen molar-refractivity contribution in [1.29, 1.82) is 0 Å². The van der Waals surface area contributed by atoms with Gasteiger partial charge in [-0.3, -0.25) is 9.59 Å². The zero-order valence-electron chi connectivity index (χ0n) is 15.8. The minimum atomic E-state index is -0.645. The summed E-state index contributed by atoms with van der Waals surface area (Å²) in [7, 11) is 0. The van der Waals surface area contributed by atoms with Crippen LogP contribution < -0.4 is 5.32 Å². The number of hydrogen-bond donors (Lipinski definition) is 2. The van der Waals surface area contributed by atoms with Gasteiger partial charge in [0.1, 0.15) is 0 Å². The molecule has 6 heteroatoms. The lowest BCUT2D eigenvalue weighted by molar-refractivity contribution is -0.139. The fourth-order valence-electron chi connectivity index (χ4n) is 3.95. The third kappa shape index (κ3) is 5.78. The predicted molar refractivity (Wildman–Crippen MR) is 102 cm³/mol. The van der Waals surface area contributed by atoms with Gasteiger partial charge in [-0.2, -0.15) is 0 Å². The van der Waals surface area contributed by atoms with Gasteiger partial charge in [0.2, 0.25) is 11.8 Å². The second kappa shape index (κ2) is 9.85. The quantitative estimate of drug-likeness (QED) is 0.709. The molecule has 2 fully saturated rings. The Morgan fingerprint density at radius 2 is 1.85 bits per heavy atom. The van der Waals surface area contributed by atoms with Gasteiger partial charge in [0.05, 0.1) is 25.4 Å². The second-order valence-electron chi connectivity index (χ2n) is 7.54. The van der Waals surface area contributed by atoms with E-state index in [9.17, 15) is 14.7 Å². The number of carbonyl (C=O) groups is 2. The van der Waals surface area contributed by atoms with Crippen molar-refractivity contribution in [3.05, 3.63) is 35.9 Å². The summed E-state index contributed by atoms with van der Waals surface area (Å²) in [6.07, 6.45) is 3.51. The topological polar surface area (TPSA) is 78.9 Å². The summed E-state index contributed by atoms with van der Waals surface area (Å²) in [6, 6.07) is 9.93. The molecule has 3 atom stereocenters. The van der Waals surface area contributed by atoms with Gasteiger partial charge < -0.3 is 20.1 Å². The molecule has 0 radical (unpaired) electrons. The van der Waals surface area contributed by atoms with Gasteiger partial charge >= 0.3 is 0 Å². The molecule has 1 heterocycles. The summed E-state index contributed by atoms with van der Waals surface area (Å²) in [4.78, 5) is 26.6. The molecule has 0 unspecified atom stereocenters. The third-order valence-electron chi connectivity index (χ3n) is 5.51. The van der Waals surface area contributed by atoms with Crippen LogP contribution in [0.1, 0.15) is 37.7 Å². The van der Waals surface area contributed by atoms with Gasteiger partial charge in [0.25, 0.3) is 0 Å². The Labute approximate surface area is 160 Å². The summed E-state index contributed by atoms with van der Waals surface area (Å²) in [5, 5.41) is 13.2. The number of aliphatic hydroxyl groups excluding tert-OH is 1. The van der Waals surface area contributed by atoms with Crippen molar-refractivity contribution in [3.8, 4) is 0 Å². The van der Waals surface area contributed by atoms with Crippen molar-refractivity contribution >= 4 is 11.8 Å². The molecule has 6 nitrogen and oxygen atoms in total. The zero-order valence-corrected chi connectivity index (χ0v) is 15.8. The van der Waals surface area contributed by atoms with E-state index in [0.717, 1.165) is 19.3 Å². The minimum absolute atomic E-state index is 0.0356. The maximum Gasteiger partial charge on any atom is 0.226 e. The number of rotatable bonds is 7. The Morgan fingerprint density at radius 1 is 1.11 bits per heavy atom. The van der Waals surface area contributed by atoms with Crippen molar-refractivity contribution in [2.45, 2.75) is 50.7 Å². The Kier molecular flexibility index (Phi) is 7.24. The number of aliphatic hydroxyl groups is 1. The number of carbonyl (C=O) groups excluding carboxylic acids is 2. The Bertz CT molecular complexity index is 616. The van der Waals surface area contributed by atoms with Gasteiger partial charge in [-0.15, -0.1) is 0 Å². The number of hydrogen-bond acceptors (Lipinski definition) is 4. The third-order valence-corrected chi connectivity index (χ3v) is 5.51. The Hall–Kier alpha value is -1.92. The first-order valence-electron chi connectivity index (χ1n) is 10.0. The fraction of sp³-hybridized carbons (Fsp3) is 0.619. The van der Waals surface area contributed by atoms with Crippen LogP contribution in [0.4, 0.5) is 0 Å². The standard InChI is InChI=1S/C21H30N2O4/c24-19-15-17(21(26)23-10-12-27-13-11-23)14-18(19)22-20(25)9-5-4-8-16-6-2-1-3-7-16/h1-3,6-7,17-19,24H,4-5,8-15H2,(H,22,25)/t17-,18-,19-/m0/s1. The van der Waals surface area contributed by atoms with Crippen molar-refractivity contribution in [2.75, 3.05) is 26.3 Å². The second-order valence-corrected chi connectivity index (χ2v) is 7.54. The molecule has 0 spiro atoms. The molecular formula is C21H30N2O4. The molecule has 1 aliphatic carbocycles. The van der Waals surface area contributed by atoms with Crippen LogP contribution >= 0.6 is 0 Å². The highest BCUT2D eigenvalue weighted by Crippen LogP contribution is 2.28. The lowest BCUT2D eigenvalue weighted by Crippen LogP contribution is -2.43. The predicted octanol–water partition coefficient (Wildman–Crippen LogP) is 1.51. The largest absolute Gasteiger partial charge is 0.391 e. The summed E-state index contributed by atoms with van der Waals surface area (Å²) in [6.45, 7) is 2.38. The number of amides is 2. The van der Waals surface area contributed by atoms with Gasteiger partial charge in [-0.05, 0) is 37.7 Å². The first kappa shape index (κ1) is 19.8. The van der Waals surface area contributed by atoms with E-state index in [0.29, 0.717) is 45.6 Å². The van der Waals surface area contributed by atoms with Gasteiger partial charge in [0.15, 0.2) is 0 Å². The molecule has 3 rings (SSSR count). The number of nitrogens with one attached hydrogen (secondary N) is 1. The molecule has 2 amide bonds. The maximum atomic E-state index is 12.6. The molecule has 1 aliphatic heterocycles. The molecular weight excluding hydrogens is 344 g/mol. The van der Waals surface area contributed by atoms with E-state index in [4.69, 9.17) is 4.74 Å². The van der Waals surface area contributed by atoms with Crippen molar-refractivity contribution in [1.82, 2.24) is 10.2 Å². The Balaban J connectivity index is 1.37. The normalized spacial score (nSPS) is 25.4. The average molecular weight is 374 g/mol. The van der Waals surface area contributed by atoms with Crippen LogP contribution in [-0.4, -0.2) is 60.3 Å². The van der Waals surface area contributed by atoms with Crippen LogP contribution in [0.2, 0.25) is 0 Å². The summed E-state index contributed by atoms with van der Waals surface area (Å²) in [5.41, 5.74) is 1.29. The Morgan fingerprint density at radius 3 is 2.59 bits per heavy atom. The van der Waals surface area contributed by atoms with Gasteiger partial charge in [-0.25, -0.2) is 0 Å². The SMILES string of the molecule is O=C(CCCCc1ccccc1)N[C@H]1C[C@H](C(=O)N2CCOCC2)C[C@@H]1O. The average Bonchev–Trinajstić information content (AvgIpc) is 3.06. The highest BCUT2D eigenvalue weighted by molar-refractivity contribution is 5.80. The van der Waals surface area contributed by atoms with Crippen molar-refractivity contribution in [3.63, 3.8) is 0 Å². The number of morpholine rings is 1. The highest BCUT2D eigenvalue weighted by Gasteiger charge is 2.39. The number of ether oxygens (including phenoxy) is 1. The lowest BCUT2D eigenvalue weighted by atomic mass is 10.1. The fourth-order valence-corrected chi connectivity index (χ4v) is 3.95. The van der Waals surface area contributed by atoms with Crippen LogP contribution in [0.25, 0.3) is 0 Å². The van der Waals surface area contributed by atoms with E-state index in [1.807, 2.05) is 23.1 Å². The first-order chi connectivity index (χ1) is 13.1. The van der Waals surface area contributed by atoms with Crippen LogP contribution in [0.5, 0.6) is 0 Å². The van der Waals surface area contributed by atoms with E-state index in [-0.39, 0.29) is 23.8 Å². The number of benzene rings is 1. The van der Waals surface area contributed by atoms with E-state index < -0.39 is 6.10 Å². The summed E-state index contributed by atoms with van der Waals surface area (Å²) < 4.78 is 5.28. The number of nitrogens with zero attached hydrogens (tertiary/aromatic N) is 1. The van der Waals surface area contributed by atoms with E-state index in [1.165, 1.54) is 5.56 Å². The van der Waals surface area contributed by atoms with Crippen LogP contribution in [0.3, 0.4) is 0 Å². The number of unbranched alkanes of at least 4 members (excludes halogenated alkanes) is 1. The van der Waals surface area contributed by atoms with Crippen molar-refractivity contribution < 1.29 is 19.4 Å². The molecule has 0 aromatic heterocycles. The van der Waals surface area contributed by atoms with Crippen LogP contribution in [-0.2, 0) is 20.7 Å². The molecule has 2 aliphatic rings. The maximum absolute atomic E-state index is 12.6. The molecule has 1 aromatic rings. The van der Waals surface area contributed by atoms with Gasteiger partial charge in [0, 0.05) is 25.4 Å². The minimum Gasteiger partial charge on any atom is -0.391 e. The molecule has 1 aromatic carbocycles. The molecule has 27 heavy (non-hydrogen) atoms. The van der Waals surface area contributed by atoms with Gasteiger partial charge in [-0.1, -0.05) is 30.3 Å². The van der Waals surface area contributed by atoms with E-state index in [1.54, 1.807) is 0 Å². The molecule has 1 saturated heterocycles. The molecule has 0 bridgehead atoms. The molecule has 148 valence electrons. The summed E-state index contributed by atoms with van der Waals surface area (Å²) in [5.74, 6) is -0.162. The van der Waals surface area contributed by atoms with Crippen LogP contribution in [0.15, 0.2) is 30.3 Å². The zero-order chi connectivity index (χ0) is 19.1. The molecule has 2 N–H and O–H groups in total. The lowest BCUT2D eigenvalue weighted by Gasteiger charge is -2.29. The molecule has 1 saturated carbocycles. The smallest absolute Gasteiger partial charge is 0.226 e. The van der Waals surface area contributed by atoms with E-state index >= 15 is 0 Å². The first-order valence-corrected chi connectivity index (χ1v) is 10.0. The monoisotopic (exact) mass is 374 g/mol. The van der Waals surface area contributed by atoms with Crippen LogP contribution in [0, 0.1) is 5.92 Å². The highest BCUT2D eigenvalue weighted by atomic mass is 16.5. The van der Waals surface area contributed by atoms with E-state index in [2.05, 4.69) is 17.4 Å².